The fraction of sp³-hybridized carbons (Fsp3) is 0.450. The standard InChI is InChI=1S/C20H24N2O5S/c1-20(2,24)17-10-14(11-27-17)28(25,26)22-19(23)21-18-15-7-3-5-12(15)9-13-6-4-8-16(13)18/h9-11,24H,3-8H2,1-2H3,(H2,21,22,23). The minimum atomic E-state index is -4.11. The van der Waals surface area contributed by atoms with E-state index in [1.54, 1.807) is 0 Å². The fourth-order valence-electron chi connectivity index (χ4n) is 4.07. The van der Waals surface area contributed by atoms with Crippen molar-refractivity contribution in [1.29, 1.82) is 0 Å². The van der Waals surface area contributed by atoms with Crippen LogP contribution in [-0.2, 0) is 41.3 Å². The van der Waals surface area contributed by atoms with Crippen LogP contribution >= 0.6 is 0 Å². The molecule has 2 amide bonds. The lowest BCUT2D eigenvalue weighted by Gasteiger charge is -2.16. The number of sulfonamides is 1. The molecule has 0 atom stereocenters. The van der Waals surface area contributed by atoms with Crippen LogP contribution in [0.3, 0.4) is 0 Å². The Morgan fingerprint density at radius 3 is 2.21 bits per heavy atom. The van der Waals surface area contributed by atoms with Crippen molar-refractivity contribution >= 4 is 21.7 Å². The van der Waals surface area contributed by atoms with Crippen molar-refractivity contribution in [2.24, 2.45) is 0 Å². The minimum absolute atomic E-state index is 0.104. The van der Waals surface area contributed by atoms with Crippen LogP contribution in [0.2, 0.25) is 0 Å². The van der Waals surface area contributed by atoms with Crippen LogP contribution < -0.4 is 10.0 Å². The number of aryl methyl sites for hydroxylation is 2. The highest BCUT2D eigenvalue weighted by Crippen LogP contribution is 2.38. The van der Waals surface area contributed by atoms with Gasteiger partial charge in [-0.1, -0.05) is 6.07 Å². The maximum Gasteiger partial charge on any atom is 0.333 e. The Kier molecular flexibility index (Phi) is 4.50. The average molecular weight is 404 g/mol. The summed E-state index contributed by atoms with van der Waals surface area (Å²) in [6, 6.07) is 2.67. The van der Waals surface area contributed by atoms with Crippen LogP contribution in [0, 0.1) is 0 Å². The molecule has 2 aromatic rings. The quantitative estimate of drug-likeness (QED) is 0.726. The summed E-state index contributed by atoms with van der Waals surface area (Å²) in [4.78, 5) is 12.3. The maximum absolute atomic E-state index is 12.5. The van der Waals surface area contributed by atoms with Gasteiger partial charge in [0.05, 0.1) is 0 Å². The van der Waals surface area contributed by atoms with Crippen LogP contribution in [0.25, 0.3) is 0 Å². The molecular weight excluding hydrogens is 380 g/mol. The first-order chi connectivity index (χ1) is 13.1. The van der Waals surface area contributed by atoms with Gasteiger partial charge in [-0.2, -0.15) is 0 Å². The topological polar surface area (TPSA) is 109 Å². The first kappa shape index (κ1) is 19.0. The van der Waals surface area contributed by atoms with Gasteiger partial charge in [0, 0.05) is 11.8 Å². The molecule has 7 nitrogen and oxygen atoms in total. The van der Waals surface area contributed by atoms with Crippen LogP contribution in [0.15, 0.2) is 27.7 Å². The van der Waals surface area contributed by atoms with Crippen LogP contribution in [-0.4, -0.2) is 19.6 Å². The molecule has 0 radical (unpaired) electrons. The van der Waals surface area contributed by atoms with E-state index < -0.39 is 21.7 Å². The minimum Gasteiger partial charge on any atom is -0.465 e. The molecule has 28 heavy (non-hydrogen) atoms. The van der Waals surface area contributed by atoms with Crippen LogP contribution in [0.1, 0.15) is 54.7 Å². The second kappa shape index (κ2) is 6.63. The summed E-state index contributed by atoms with van der Waals surface area (Å²) in [5, 5.41) is 12.7. The summed E-state index contributed by atoms with van der Waals surface area (Å²) < 4.78 is 32.2. The number of hydrogen-bond acceptors (Lipinski definition) is 5. The molecule has 0 aliphatic heterocycles. The molecule has 0 bridgehead atoms. The van der Waals surface area contributed by atoms with Crippen molar-refractivity contribution < 1.29 is 22.7 Å². The fourth-order valence-corrected chi connectivity index (χ4v) is 4.92. The van der Waals surface area contributed by atoms with Gasteiger partial charge in [0.15, 0.2) is 0 Å². The van der Waals surface area contributed by atoms with E-state index in [1.165, 1.54) is 31.0 Å². The zero-order valence-electron chi connectivity index (χ0n) is 16.0. The second-order valence-corrected chi connectivity index (χ2v) is 9.68. The zero-order valence-corrected chi connectivity index (χ0v) is 16.8. The van der Waals surface area contributed by atoms with Gasteiger partial charge in [0.2, 0.25) is 0 Å². The highest BCUT2D eigenvalue weighted by Gasteiger charge is 2.28. The predicted molar refractivity (Wildman–Crippen MR) is 104 cm³/mol. The van der Waals surface area contributed by atoms with Gasteiger partial charge in [-0.05, 0) is 74.6 Å². The molecule has 8 heteroatoms. The lowest BCUT2D eigenvalue weighted by molar-refractivity contribution is 0.0541. The summed E-state index contributed by atoms with van der Waals surface area (Å²) in [5.41, 5.74) is 4.22. The highest BCUT2D eigenvalue weighted by molar-refractivity contribution is 7.90. The SMILES string of the molecule is CC(C)(O)c1cc(S(=O)(=O)NC(=O)Nc2c3c(cc4c2CCC4)CCC3)co1. The molecule has 0 spiro atoms. The summed E-state index contributed by atoms with van der Waals surface area (Å²) in [7, 11) is -4.11. The summed E-state index contributed by atoms with van der Waals surface area (Å²) >= 11 is 0. The number of carbonyl (C=O) groups excluding carboxylic acids is 1. The van der Waals surface area contributed by atoms with E-state index in [0.717, 1.165) is 61.6 Å². The number of anilines is 1. The Balaban J connectivity index is 1.56. The molecule has 1 heterocycles. The van der Waals surface area contributed by atoms with E-state index in [-0.39, 0.29) is 10.7 Å². The van der Waals surface area contributed by atoms with E-state index in [2.05, 4.69) is 11.4 Å². The normalized spacial score (nSPS) is 16.0. The summed E-state index contributed by atoms with van der Waals surface area (Å²) in [6.07, 6.45) is 6.87. The number of furan rings is 1. The summed E-state index contributed by atoms with van der Waals surface area (Å²) in [5.74, 6) is 0.104. The van der Waals surface area contributed by atoms with E-state index in [9.17, 15) is 18.3 Å². The number of amides is 2. The number of fused-ring (bicyclic) bond motifs is 2. The monoisotopic (exact) mass is 404 g/mol. The van der Waals surface area contributed by atoms with Crippen LogP contribution in [0.4, 0.5) is 10.5 Å². The van der Waals surface area contributed by atoms with Gasteiger partial charge in [-0.25, -0.2) is 17.9 Å². The van der Waals surface area contributed by atoms with Crippen molar-refractivity contribution in [3.05, 3.63) is 46.4 Å². The first-order valence-electron chi connectivity index (χ1n) is 9.47. The Morgan fingerprint density at radius 2 is 1.68 bits per heavy atom. The van der Waals surface area contributed by atoms with E-state index in [4.69, 9.17) is 4.42 Å². The molecule has 1 aromatic carbocycles. The Morgan fingerprint density at radius 1 is 1.07 bits per heavy atom. The molecule has 0 fully saturated rings. The molecule has 2 aliphatic carbocycles. The first-order valence-corrected chi connectivity index (χ1v) is 10.9. The van der Waals surface area contributed by atoms with Gasteiger partial charge in [-0.15, -0.1) is 0 Å². The number of benzene rings is 1. The van der Waals surface area contributed by atoms with Gasteiger partial charge in [-0.3, -0.25) is 0 Å². The predicted octanol–water partition coefficient (Wildman–Crippen LogP) is 2.99. The van der Waals surface area contributed by atoms with Gasteiger partial charge < -0.3 is 14.8 Å². The number of rotatable bonds is 4. The van der Waals surface area contributed by atoms with Gasteiger partial charge >= 0.3 is 6.03 Å². The molecule has 0 saturated heterocycles. The Bertz CT molecular complexity index is 1020. The molecule has 0 unspecified atom stereocenters. The van der Waals surface area contributed by atoms with E-state index in [1.807, 2.05) is 4.72 Å². The lowest BCUT2D eigenvalue weighted by atomic mass is 9.99. The molecule has 0 saturated carbocycles. The molecule has 2 aliphatic rings. The summed E-state index contributed by atoms with van der Waals surface area (Å²) in [6.45, 7) is 2.97. The Hall–Kier alpha value is -2.32. The zero-order chi connectivity index (χ0) is 20.1. The molecule has 1 aromatic heterocycles. The third-order valence-corrected chi connectivity index (χ3v) is 6.72. The van der Waals surface area contributed by atoms with Gasteiger partial charge in [0.1, 0.15) is 22.5 Å². The number of urea groups is 1. The molecular formula is C20H24N2O5S. The molecule has 3 N–H and O–H groups in total. The number of carbonyl (C=O) groups is 1. The number of aliphatic hydroxyl groups is 1. The van der Waals surface area contributed by atoms with Gasteiger partial charge in [0.25, 0.3) is 10.0 Å². The highest BCUT2D eigenvalue weighted by atomic mass is 32.2. The lowest BCUT2D eigenvalue weighted by Crippen LogP contribution is -2.34. The van der Waals surface area contributed by atoms with Crippen molar-refractivity contribution in [3.63, 3.8) is 0 Å². The number of hydrogen-bond donors (Lipinski definition) is 3. The third kappa shape index (κ3) is 3.42. The number of nitrogens with one attached hydrogen (secondary N) is 2. The molecule has 4 rings (SSSR count). The van der Waals surface area contributed by atoms with Crippen molar-refractivity contribution in [3.8, 4) is 0 Å². The van der Waals surface area contributed by atoms with Crippen molar-refractivity contribution in [2.75, 3.05) is 5.32 Å². The smallest absolute Gasteiger partial charge is 0.333 e. The average Bonchev–Trinajstić information content (AvgIpc) is 3.33. The largest absolute Gasteiger partial charge is 0.465 e. The third-order valence-electron chi connectivity index (χ3n) is 5.43. The second-order valence-electron chi connectivity index (χ2n) is 8.00. The molecule has 150 valence electrons. The maximum atomic E-state index is 12.5. The van der Waals surface area contributed by atoms with Crippen molar-refractivity contribution in [2.45, 2.75) is 62.9 Å². The van der Waals surface area contributed by atoms with Crippen molar-refractivity contribution in [1.82, 2.24) is 4.72 Å². The Labute approximate surface area is 164 Å². The van der Waals surface area contributed by atoms with E-state index in [0.29, 0.717) is 0 Å². The van der Waals surface area contributed by atoms with Crippen LogP contribution in [0.5, 0.6) is 0 Å². The van der Waals surface area contributed by atoms with E-state index >= 15 is 0 Å².